The van der Waals surface area contributed by atoms with Gasteiger partial charge in [0.15, 0.2) is 35.6 Å². The number of rotatable bonds is 17. The maximum atomic E-state index is 12.3. The first-order chi connectivity index (χ1) is 23.5. The molecule has 0 fully saturated rings. The fourth-order valence-electron chi connectivity index (χ4n) is 4.72. The summed E-state index contributed by atoms with van der Waals surface area (Å²) >= 11 is 2.97. The number of hydrogen-bond donors (Lipinski definition) is 0. The second kappa shape index (κ2) is 17.1. The summed E-state index contributed by atoms with van der Waals surface area (Å²) in [5, 5.41) is 11.7. The highest BCUT2D eigenvalue weighted by Gasteiger charge is 2.37. The average molecular weight is 759 g/mol. The Kier molecular flexibility index (Phi) is 13.7. The van der Waals surface area contributed by atoms with Crippen molar-refractivity contribution >= 4 is 72.0 Å². The first-order valence-corrected chi connectivity index (χ1v) is 25.4. The highest BCUT2D eigenvalue weighted by molar-refractivity contribution is 7.16. The van der Waals surface area contributed by atoms with Gasteiger partial charge in [0.25, 0.3) is 0 Å². The maximum absolute atomic E-state index is 12.3. The van der Waals surface area contributed by atoms with Gasteiger partial charge in [-0.3, -0.25) is 4.57 Å². The molecule has 0 saturated heterocycles. The van der Waals surface area contributed by atoms with Crippen molar-refractivity contribution in [2.24, 2.45) is 4.99 Å². The fourth-order valence-corrected chi connectivity index (χ4v) is 8.36. The highest BCUT2D eigenvalue weighted by atomic mass is 32.1. The zero-order chi connectivity index (χ0) is 36.7. The van der Waals surface area contributed by atoms with E-state index in [1.54, 1.807) is 23.8 Å². The molecule has 0 bridgehead atoms. The number of thiazole rings is 2. The lowest BCUT2D eigenvalue weighted by molar-refractivity contribution is 0.0463. The van der Waals surface area contributed by atoms with E-state index in [0.29, 0.717) is 36.6 Å². The third kappa shape index (κ3) is 10.6. The Bertz CT molecular complexity index is 1790. The molecule has 1 atom stereocenters. The number of anilines is 2. The molecule has 11 nitrogen and oxygen atoms in total. The molecule has 274 valence electrons. The smallest absolute Gasteiger partial charge is 0.357 e. The van der Waals surface area contributed by atoms with Crippen molar-refractivity contribution in [2.45, 2.75) is 97.2 Å². The van der Waals surface area contributed by atoms with Gasteiger partial charge in [0, 0.05) is 33.7 Å². The van der Waals surface area contributed by atoms with Gasteiger partial charge in [-0.15, -0.1) is 21.5 Å². The van der Waals surface area contributed by atoms with Crippen LogP contribution in [-0.2, 0) is 25.4 Å². The number of fused-ring (bicyclic) bond motifs is 1. The van der Waals surface area contributed by atoms with Gasteiger partial charge in [-0.05, 0) is 67.7 Å². The van der Waals surface area contributed by atoms with Gasteiger partial charge in [-0.25, -0.2) is 9.78 Å². The molecule has 4 aromatic rings. The van der Waals surface area contributed by atoms with Crippen LogP contribution in [0.3, 0.4) is 0 Å². The Morgan fingerprint density at radius 3 is 2.50 bits per heavy atom. The molecule has 0 radical (unpaired) electrons. The Hall–Kier alpha value is -2.80. The van der Waals surface area contributed by atoms with E-state index in [1.807, 2.05) is 30.0 Å². The van der Waals surface area contributed by atoms with Crippen molar-refractivity contribution < 1.29 is 23.4 Å². The summed E-state index contributed by atoms with van der Waals surface area (Å²) in [4.78, 5) is 24.6. The van der Waals surface area contributed by atoms with E-state index in [0.717, 1.165) is 46.1 Å². The molecular weight excluding hydrogens is 705 g/mol. The number of para-hydroxylation sites is 1. The number of aryl methyl sites for hydroxylation is 1. The van der Waals surface area contributed by atoms with E-state index in [4.69, 9.17) is 23.6 Å². The lowest BCUT2D eigenvalue weighted by Crippen LogP contribution is -2.43. The van der Waals surface area contributed by atoms with Gasteiger partial charge in [-0.1, -0.05) is 63.9 Å². The number of carbonyl (C=O) groups is 1. The number of aromatic nitrogens is 4. The summed E-state index contributed by atoms with van der Waals surface area (Å²) in [7, 11) is -0.0283. The quantitative estimate of drug-likeness (QED) is 0.0594. The number of carbonyl (C=O) groups excluding carboxylic acids is 1. The standard InChI is InChI=1S/C35H54N6O5S2Si2/c1-25-21-30(38-39-31(25)37-34-41(24-45-19-20-49(7,8)9)28-16-12-13-17-29(28)48-34)40(33-36-27(23-47-33)32(42)44-6)18-14-15-26(43-5)22-46-50(10,11)35(2,3)4/h12-13,16-17,21,23,26H,14-15,18-20,22,24H2,1-11H3. The van der Waals surface area contributed by atoms with Gasteiger partial charge in [-0.2, -0.15) is 4.99 Å². The van der Waals surface area contributed by atoms with Crippen LogP contribution in [0.4, 0.5) is 16.8 Å². The van der Waals surface area contributed by atoms with E-state index in [1.165, 1.54) is 18.4 Å². The number of esters is 1. The predicted octanol–water partition coefficient (Wildman–Crippen LogP) is 8.54. The molecule has 0 N–H and O–H groups in total. The van der Waals surface area contributed by atoms with Crippen LogP contribution in [0.5, 0.6) is 0 Å². The maximum Gasteiger partial charge on any atom is 0.357 e. The molecule has 15 heteroatoms. The minimum atomic E-state index is -1.91. The third-order valence-electron chi connectivity index (χ3n) is 9.02. The number of ether oxygens (including phenoxy) is 3. The van der Waals surface area contributed by atoms with Crippen LogP contribution in [-0.4, -0.2) is 82.2 Å². The van der Waals surface area contributed by atoms with Crippen molar-refractivity contribution in [1.82, 2.24) is 19.7 Å². The molecule has 0 amide bonds. The van der Waals surface area contributed by atoms with Crippen LogP contribution in [0, 0.1) is 6.92 Å². The molecule has 0 aliphatic carbocycles. The summed E-state index contributed by atoms with van der Waals surface area (Å²) in [6.07, 6.45) is 1.51. The molecule has 0 saturated carbocycles. The topological polar surface area (TPSA) is 113 Å². The largest absolute Gasteiger partial charge is 0.464 e. The monoisotopic (exact) mass is 758 g/mol. The summed E-state index contributed by atoms with van der Waals surface area (Å²) < 4.78 is 26.6. The first-order valence-electron chi connectivity index (χ1n) is 17.1. The lowest BCUT2D eigenvalue weighted by Gasteiger charge is -2.37. The van der Waals surface area contributed by atoms with Crippen LogP contribution in [0.1, 0.15) is 49.7 Å². The SMILES string of the molecule is COC(=O)c1csc(N(CCCC(CO[Si](C)(C)C(C)(C)C)OC)c2cc(C)c(N=c3sc4ccccc4n3COCC[Si](C)(C)C)nn2)n1. The van der Waals surface area contributed by atoms with Crippen molar-refractivity contribution in [3.05, 3.63) is 51.8 Å². The van der Waals surface area contributed by atoms with E-state index < -0.39 is 22.4 Å². The summed E-state index contributed by atoms with van der Waals surface area (Å²) in [5.41, 5.74) is 2.20. The fraction of sp³-hybridized carbons (Fsp3) is 0.571. The van der Waals surface area contributed by atoms with Gasteiger partial charge in [0.1, 0.15) is 6.73 Å². The zero-order valence-corrected chi connectivity index (χ0v) is 35.2. The van der Waals surface area contributed by atoms with Gasteiger partial charge in [0.2, 0.25) is 0 Å². The van der Waals surface area contributed by atoms with Gasteiger partial charge >= 0.3 is 5.97 Å². The van der Waals surface area contributed by atoms with Gasteiger partial charge < -0.3 is 23.5 Å². The van der Waals surface area contributed by atoms with Gasteiger partial charge in [0.05, 0.1) is 30.0 Å². The molecule has 3 aromatic heterocycles. The lowest BCUT2D eigenvalue weighted by atomic mass is 10.2. The minimum absolute atomic E-state index is 0.0468. The van der Waals surface area contributed by atoms with E-state index in [9.17, 15) is 4.79 Å². The van der Waals surface area contributed by atoms with E-state index in [2.05, 4.69) is 85.4 Å². The second-order valence-corrected chi connectivity index (χ2v) is 27.5. The molecule has 4 rings (SSSR count). The zero-order valence-electron chi connectivity index (χ0n) is 31.5. The summed E-state index contributed by atoms with van der Waals surface area (Å²) in [6.45, 7) is 22.5. The average Bonchev–Trinajstić information content (AvgIpc) is 3.67. The van der Waals surface area contributed by atoms with Crippen molar-refractivity contribution in [1.29, 1.82) is 0 Å². The predicted molar refractivity (Wildman–Crippen MR) is 210 cm³/mol. The van der Waals surface area contributed by atoms with Crippen LogP contribution in [0.15, 0.2) is 40.7 Å². The molecule has 0 aliphatic heterocycles. The minimum Gasteiger partial charge on any atom is -0.464 e. The second-order valence-electron chi connectivity index (χ2n) is 15.2. The highest BCUT2D eigenvalue weighted by Crippen LogP contribution is 2.37. The van der Waals surface area contributed by atoms with E-state index >= 15 is 0 Å². The normalized spacial score (nSPS) is 13.6. The Morgan fingerprint density at radius 2 is 1.84 bits per heavy atom. The van der Waals surface area contributed by atoms with E-state index in [-0.39, 0.29) is 16.8 Å². The molecular formula is C35H54N6O5S2Si2. The van der Waals surface area contributed by atoms with Crippen LogP contribution in [0.25, 0.3) is 10.2 Å². The summed E-state index contributed by atoms with van der Waals surface area (Å²) in [6, 6.07) is 11.3. The Labute approximate surface area is 306 Å². The van der Waals surface area contributed by atoms with Crippen LogP contribution in [0.2, 0.25) is 43.8 Å². The van der Waals surface area contributed by atoms with Crippen molar-refractivity contribution in [3.8, 4) is 0 Å². The van der Waals surface area contributed by atoms with Crippen LogP contribution < -0.4 is 9.70 Å². The Morgan fingerprint density at radius 1 is 1.10 bits per heavy atom. The summed E-state index contributed by atoms with van der Waals surface area (Å²) in [5.74, 6) is 0.678. The van der Waals surface area contributed by atoms with Crippen LogP contribution >= 0.6 is 22.7 Å². The third-order valence-corrected chi connectivity index (χ3v) is 17.2. The number of benzene rings is 1. The Balaban J connectivity index is 1.59. The molecule has 1 aromatic carbocycles. The van der Waals surface area contributed by atoms with Crippen molar-refractivity contribution in [3.63, 3.8) is 0 Å². The molecule has 3 heterocycles. The number of nitrogens with zero attached hydrogens (tertiary/aromatic N) is 6. The number of methoxy groups -OCH3 is 2. The van der Waals surface area contributed by atoms with Crippen molar-refractivity contribution in [2.75, 3.05) is 38.9 Å². The molecule has 0 spiro atoms. The first kappa shape index (κ1) is 40.0. The number of hydrogen-bond acceptors (Lipinski definition) is 12. The molecule has 1 unspecified atom stereocenters. The molecule has 50 heavy (non-hydrogen) atoms. The molecule has 0 aliphatic rings.